The maximum absolute atomic E-state index is 12.7. The first kappa shape index (κ1) is 14.6. The zero-order valence-corrected chi connectivity index (χ0v) is 12.5. The van der Waals surface area contributed by atoms with Gasteiger partial charge in [0, 0.05) is 32.1 Å². The van der Waals surface area contributed by atoms with Crippen LogP contribution in [0.4, 0.5) is 0 Å². The fraction of sp³-hybridized carbons (Fsp3) is 0.750. The van der Waals surface area contributed by atoms with Crippen molar-refractivity contribution in [1.82, 2.24) is 10.2 Å². The standard InChI is InChI=1S/C16H25N3O2/c17-5-6-18-15(20)13-2-1-7-19(10-13)16(21)14-9-11-3-4-12(14)8-11/h3-4,11-14H,1-2,5-10,17H2,(H,18,20). The van der Waals surface area contributed by atoms with Crippen LogP contribution in [0.15, 0.2) is 12.2 Å². The quantitative estimate of drug-likeness (QED) is 0.741. The average Bonchev–Trinajstić information content (AvgIpc) is 3.15. The van der Waals surface area contributed by atoms with Crippen molar-refractivity contribution in [3.8, 4) is 0 Å². The molecule has 5 nitrogen and oxygen atoms in total. The van der Waals surface area contributed by atoms with Crippen LogP contribution >= 0.6 is 0 Å². The number of fused-ring (bicyclic) bond motifs is 2. The van der Waals surface area contributed by atoms with Gasteiger partial charge in [-0.25, -0.2) is 0 Å². The van der Waals surface area contributed by atoms with E-state index in [1.807, 2.05) is 4.90 Å². The second kappa shape index (κ2) is 6.18. The van der Waals surface area contributed by atoms with Gasteiger partial charge in [0.1, 0.15) is 0 Å². The predicted octanol–water partition coefficient (Wildman–Crippen LogP) is 0.512. The summed E-state index contributed by atoms with van der Waals surface area (Å²) in [4.78, 5) is 26.7. The summed E-state index contributed by atoms with van der Waals surface area (Å²) in [6.45, 7) is 2.35. The molecule has 0 aromatic carbocycles. The maximum atomic E-state index is 12.7. The summed E-state index contributed by atoms with van der Waals surface area (Å²) in [5.74, 6) is 1.45. The zero-order valence-electron chi connectivity index (χ0n) is 12.5. The lowest BCUT2D eigenvalue weighted by Gasteiger charge is -2.35. The Kier molecular flexibility index (Phi) is 4.29. The number of hydrogen-bond acceptors (Lipinski definition) is 3. The second-order valence-corrected chi connectivity index (χ2v) is 6.59. The topological polar surface area (TPSA) is 75.4 Å². The summed E-state index contributed by atoms with van der Waals surface area (Å²) in [5.41, 5.74) is 5.41. The molecule has 3 aliphatic rings. The third kappa shape index (κ3) is 2.98. The van der Waals surface area contributed by atoms with Crippen LogP contribution in [0.2, 0.25) is 0 Å². The van der Waals surface area contributed by atoms with Crippen molar-refractivity contribution in [3.05, 3.63) is 12.2 Å². The first-order valence-electron chi connectivity index (χ1n) is 8.14. The van der Waals surface area contributed by atoms with Crippen molar-refractivity contribution in [2.45, 2.75) is 25.7 Å². The second-order valence-electron chi connectivity index (χ2n) is 6.59. The van der Waals surface area contributed by atoms with Gasteiger partial charge in [-0.3, -0.25) is 9.59 Å². The smallest absolute Gasteiger partial charge is 0.226 e. The molecule has 2 fully saturated rings. The van der Waals surface area contributed by atoms with Gasteiger partial charge in [-0.15, -0.1) is 0 Å². The van der Waals surface area contributed by atoms with Gasteiger partial charge in [-0.2, -0.15) is 0 Å². The molecule has 1 saturated heterocycles. The highest BCUT2D eigenvalue weighted by atomic mass is 16.2. The average molecular weight is 291 g/mol. The summed E-state index contributed by atoms with van der Waals surface area (Å²) in [6.07, 6.45) is 8.41. The molecule has 1 heterocycles. The molecule has 1 aliphatic heterocycles. The van der Waals surface area contributed by atoms with Gasteiger partial charge < -0.3 is 16.0 Å². The first-order chi connectivity index (χ1) is 10.2. The van der Waals surface area contributed by atoms with E-state index in [9.17, 15) is 9.59 Å². The van der Waals surface area contributed by atoms with E-state index in [1.54, 1.807) is 0 Å². The van der Waals surface area contributed by atoms with Crippen LogP contribution in [0.3, 0.4) is 0 Å². The van der Waals surface area contributed by atoms with Gasteiger partial charge in [0.2, 0.25) is 11.8 Å². The van der Waals surface area contributed by atoms with Crippen LogP contribution < -0.4 is 11.1 Å². The minimum atomic E-state index is -0.0663. The van der Waals surface area contributed by atoms with Crippen molar-refractivity contribution in [2.24, 2.45) is 29.4 Å². The zero-order chi connectivity index (χ0) is 14.8. The Morgan fingerprint density at radius 3 is 2.81 bits per heavy atom. The minimum Gasteiger partial charge on any atom is -0.355 e. The Balaban J connectivity index is 1.57. The molecule has 4 atom stereocenters. The third-order valence-corrected chi connectivity index (χ3v) is 5.14. The van der Waals surface area contributed by atoms with Crippen molar-refractivity contribution in [1.29, 1.82) is 0 Å². The summed E-state index contributed by atoms with van der Waals surface area (Å²) >= 11 is 0. The molecule has 2 bridgehead atoms. The number of carbonyl (C=O) groups is 2. The van der Waals surface area contributed by atoms with Gasteiger partial charge in [0.15, 0.2) is 0 Å². The summed E-state index contributed by atoms with van der Waals surface area (Å²) < 4.78 is 0. The molecule has 0 aromatic rings. The lowest BCUT2D eigenvalue weighted by molar-refractivity contribution is -0.140. The molecule has 3 rings (SSSR count). The van der Waals surface area contributed by atoms with Crippen LogP contribution in [-0.2, 0) is 9.59 Å². The highest BCUT2D eigenvalue weighted by Gasteiger charge is 2.42. The Morgan fingerprint density at radius 2 is 2.14 bits per heavy atom. The summed E-state index contributed by atoms with van der Waals surface area (Å²) in [7, 11) is 0. The van der Waals surface area contributed by atoms with Gasteiger partial charge >= 0.3 is 0 Å². The monoisotopic (exact) mass is 291 g/mol. The van der Waals surface area contributed by atoms with E-state index in [0.717, 1.165) is 32.2 Å². The third-order valence-electron chi connectivity index (χ3n) is 5.14. The molecule has 1 saturated carbocycles. The van der Waals surface area contributed by atoms with Crippen LogP contribution in [0, 0.1) is 23.7 Å². The SMILES string of the molecule is NCCNC(=O)C1CCCN(C(=O)C2CC3C=CC2C3)C1. The van der Waals surface area contributed by atoms with E-state index in [2.05, 4.69) is 17.5 Å². The van der Waals surface area contributed by atoms with Crippen LogP contribution in [0.25, 0.3) is 0 Å². The molecule has 5 heteroatoms. The first-order valence-corrected chi connectivity index (χ1v) is 8.14. The van der Waals surface area contributed by atoms with Crippen LogP contribution in [-0.4, -0.2) is 42.9 Å². The Hall–Kier alpha value is -1.36. The highest BCUT2D eigenvalue weighted by Crippen LogP contribution is 2.44. The normalized spacial score (nSPS) is 34.2. The number of nitrogens with two attached hydrogens (primary N) is 1. The van der Waals surface area contributed by atoms with Gasteiger partial charge in [0.25, 0.3) is 0 Å². The number of amides is 2. The number of piperidine rings is 1. The highest BCUT2D eigenvalue weighted by molar-refractivity contribution is 5.83. The largest absolute Gasteiger partial charge is 0.355 e. The Morgan fingerprint density at radius 1 is 1.29 bits per heavy atom. The van der Waals surface area contributed by atoms with Crippen molar-refractivity contribution >= 4 is 11.8 Å². The number of likely N-dealkylation sites (tertiary alicyclic amines) is 1. The molecule has 0 spiro atoms. The van der Waals surface area contributed by atoms with E-state index >= 15 is 0 Å². The fourth-order valence-electron chi connectivity index (χ4n) is 4.03. The van der Waals surface area contributed by atoms with Crippen molar-refractivity contribution in [3.63, 3.8) is 0 Å². The number of carbonyl (C=O) groups excluding carboxylic acids is 2. The minimum absolute atomic E-state index is 0.0470. The van der Waals surface area contributed by atoms with Gasteiger partial charge in [-0.1, -0.05) is 12.2 Å². The Labute approximate surface area is 125 Å². The van der Waals surface area contributed by atoms with E-state index in [0.29, 0.717) is 31.5 Å². The molecule has 2 aliphatic carbocycles. The maximum Gasteiger partial charge on any atom is 0.226 e. The fourth-order valence-corrected chi connectivity index (χ4v) is 4.03. The van der Waals surface area contributed by atoms with E-state index in [1.165, 1.54) is 0 Å². The Bertz CT molecular complexity index is 449. The van der Waals surface area contributed by atoms with Crippen LogP contribution in [0.1, 0.15) is 25.7 Å². The molecule has 21 heavy (non-hydrogen) atoms. The number of hydrogen-bond donors (Lipinski definition) is 2. The molecule has 116 valence electrons. The molecular weight excluding hydrogens is 266 g/mol. The molecular formula is C16H25N3O2. The number of allylic oxidation sites excluding steroid dienone is 2. The van der Waals surface area contributed by atoms with Crippen molar-refractivity contribution < 1.29 is 9.59 Å². The molecule has 3 N–H and O–H groups in total. The van der Waals surface area contributed by atoms with Gasteiger partial charge in [0.05, 0.1) is 5.92 Å². The number of nitrogens with one attached hydrogen (secondary N) is 1. The molecule has 4 unspecified atom stereocenters. The lowest BCUT2D eigenvalue weighted by Crippen LogP contribution is -2.48. The lowest BCUT2D eigenvalue weighted by atomic mass is 9.90. The van der Waals surface area contributed by atoms with E-state index in [4.69, 9.17) is 5.73 Å². The number of rotatable bonds is 4. The van der Waals surface area contributed by atoms with E-state index < -0.39 is 0 Å². The summed E-state index contributed by atoms with van der Waals surface area (Å²) in [5, 5.41) is 2.84. The molecule has 0 aromatic heterocycles. The predicted molar refractivity (Wildman–Crippen MR) is 80.2 cm³/mol. The molecule has 2 amide bonds. The van der Waals surface area contributed by atoms with Crippen molar-refractivity contribution in [2.75, 3.05) is 26.2 Å². The van der Waals surface area contributed by atoms with Gasteiger partial charge in [-0.05, 0) is 37.5 Å². The van der Waals surface area contributed by atoms with E-state index in [-0.39, 0.29) is 23.7 Å². The van der Waals surface area contributed by atoms with Crippen LogP contribution in [0.5, 0.6) is 0 Å². The molecule has 0 radical (unpaired) electrons. The number of nitrogens with zero attached hydrogens (tertiary/aromatic N) is 1. The summed E-state index contributed by atoms with van der Waals surface area (Å²) in [6, 6.07) is 0.